The van der Waals surface area contributed by atoms with Crippen LogP contribution in [0.3, 0.4) is 0 Å². The molecule has 27 heavy (non-hydrogen) atoms. The van der Waals surface area contributed by atoms with Crippen molar-refractivity contribution in [3.8, 4) is 0 Å². The van der Waals surface area contributed by atoms with Crippen LogP contribution >= 0.6 is 0 Å². The van der Waals surface area contributed by atoms with E-state index in [4.69, 9.17) is 0 Å². The van der Waals surface area contributed by atoms with Gasteiger partial charge in [0.25, 0.3) is 0 Å². The lowest BCUT2D eigenvalue weighted by molar-refractivity contribution is 0.300. The SMILES string of the molecule is Fc1cc(C2CCC(CCCCCCCC3CCCC3)CC2)cc(F)c1F. The van der Waals surface area contributed by atoms with Crippen LogP contribution in [0.15, 0.2) is 12.1 Å². The standard InChI is InChI=1S/C24H35F3/c25-22-16-21(17-23(26)24(22)27)20-14-12-19(13-15-20)9-5-3-1-2-4-8-18-10-6-7-11-18/h16-20H,1-15H2. The van der Waals surface area contributed by atoms with Gasteiger partial charge >= 0.3 is 0 Å². The first-order chi connectivity index (χ1) is 13.1. The highest BCUT2D eigenvalue weighted by Crippen LogP contribution is 2.38. The molecule has 1 aromatic carbocycles. The van der Waals surface area contributed by atoms with Gasteiger partial charge in [-0.15, -0.1) is 0 Å². The van der Waals surface area contributed by atoms with Gasteiger partial charge in [-0.2, -0.15) is 0 Å². The molecule has 1 aromatic rings. The Labute approximate surface area is 162 Å². The zero-order chi connectivity index (χ0) is 19.1. The van der Waals surface area contributed by atoms with Gasteiger partial charge in [0, 0.05) is 0 Å². The third kappa shape index (κ3) is 6.26. The highest BCUT2D eigenvalue weighted by molar-refractivity contribution is 5.23. The number of benzene rings is 1. The van der Waals surface area contributed by atoms with Gasteiger partial charge in [0.15, 0.2) is 17.5 Å². The summed E-state index contributed by atoms with van der Waals surface area (Å²) in [7, 11) is 0. The van der Waals surface area contributed by atoms with Crippen molar-refractivity contribution < 1.29 is 13.2 Å². The molecular formula is C24H35F3. The average molecular weight is 381 g/mol. The van der Waals surface area contributed by atoms with Crippen molar-refractivity contribution in [2.24, 2.45) is 11.8 Å². The number of halogens is 3. The third-order valence-electron chi connectivity index (χ3n) is 7.02. The van der Waals surface area contributed by atoms with Gasteiger partial charge in [0.1, 0.15) is 0 Å². The second kappa shape index (κ2) is 10.5. The van der Waals surface area contributed by atoms with Gasteiger partial charge in [-0.3, -0.25) is 0 Å². The van der Waals surface area contributed by atoms with E-state index in [0.717, 1.165) is 37.5 Å². The molecule has 2 aliphatic rings. The van der Waals surface area contributed by atoms with Crippen LogP contribution in [0, 0.1) is 29.3 Å². The summed E-state index contributed by atoms with van der Waals surface area (Å²) in [6.45, 7) is 0. The Bertz CT molecular complexity index is 546. The van der Waals surface area contributed by atoms with E-state index >= 15 is 0 Å². The van der Waals surface area contributed by atoms with Gasteiger partial charge in [0.2, 0.25) is 0 Å². The minimum atomic E-state index is -1.35. The maximum Gasteiger partial charge on any atom is 0.194 e. The summed E-state index contributed by atoms with van der Waals surface area (Å²) < 4.78 is 40.0. The highest BCUT2D eigenvalue weighted by Gasteiger charge is 2.24. The molecule has 0 aromatic heterocycles. The fourth-order valence-electron chi connectivity index (χ4n) is 5.29. The molecule has 3 rings (SSSR count). The van der Waals surface area contributed by atoms with Crippen LogP contribution in [0.4, 0.5) is 13.2 Å². The van der Waals surface area contributed by atoms with E-state index in [1.807, 2.05) is 0 Å². The second-order valence-electron chi connectivity index (χ2n) is 9.01. The summed E-state index contributed by atoms with van der Waals surface area (Å²) in [4.78, 5) is 0. The summed E-state index contributed by atoms with van der Waals surface area (Å²) in [6, 6.07) is 2.38. The van der Waals surface area contributed by atoms with Crippen LogP contribution in [0.5, 0.6) is 0 Å². The molecule has 0 amide bonds. The molecule has 0 atom stereocenters. The summed E-state index contributed by atoms with van der Waals surface area (Å²) in [5.41, 5.74) is 0.632. The lowest BCUT2D eigenvalue weighted by Gasteiger charge is -2.29. The Morgan fingerprint density at radius 3 is 1.67 bits per heavy atom. The lowest BCUT2D eigenvalue weighted by Crippen LogP contribution is -2.14. The van der Waals surface area contributed by atoms with E-state index in [0.29, 0.717) is 5.56 Å². The molecule has 0 N–H and O–H groups in total. The number of rotatable bonds is 9. The third-order valence-corrected chi connectivity index (χ3v) is 7.02. The van der Waals surface area contributed by atoms with Gasteiger partial charge in [-0.05, 0) is 61.1 Å². The Balaban J connectivity index is 1.26. The van der Waals surface area contributed by atoms with E-state index < -0.39 is 17.5 Å². The zero-order valence-corrected chi connectivity index (χ0v) is 16.6. The van der Waals surface area contributed by atoms with E-state index in [1.54, 1.807) is 0 Å². The van der Waals surface area contributed by atoms with Gasteiger partial charge in [-0.1, -0.05) is 70.6 Å². The molecule has 0 bridgehead atoms. The topological polar surface area (TPSA) is 0 Å². The van der Waals surface area contributed by atoms with Crippen LogP contribution in [0.25, 0.3) is 0 Å². The van der Waals surface area contributed by atoms with Gasteiger partial charge < -0.3 is 0 Å². The first-order valence-corrected chi connectivity index (χ1v) is 11.3. The van der Waals surface area contributed by atoms with Crippen LogP contribution < -0.4 is 0 Å². The first kappa shape index (κ1) is 20.7. The molecule has 0 unspecified atom stereocenters. The molecule has 0 spiro atoms. The fraction of sp³-hybridized carbons (Fsp3) is 0.750. The van der Waals surface area contributed by atoms with Crippen molar-refractivity contribution in [3.05, 3.63) is 35.1 Å². The van der Waals surface area contributed by atoms with Crippen molar-refractivity contribution in [1.82, 2.24) is 0 Å². The van der Waals surface area contributed by atoms with E-state index in [2.05, 4.69) is 0 Å². The average Bonchev–Trinajstić information content (AvgIpc) is 3.19. The Kier molecular flexibility index (Phi) is 8.08. The van der Waals surface area contributed by atoms with Crippen LogP contribution in [0.1, 0.15) is 108 Å². The normalized spacial score (nSPS) is 23.8. The quantitative estimate of drug-likeness (QED) is 0.298. The minimum absolute atomic E-state index is 0.182. The Morgan fingerprint density at radius 1 is 0.630 bits per heavy atom. The second-order valence-corrected chi connectivity index (χ2v) is 9.01. The number of hydrogen-bond donors (Lipinski definition) is 0. The Hall–Kier alpha value is -0.990. The lowest BCUT2D eigenvalue weighted by atomic mass is 9.77. The summed E-state index contributed by atoms with van der Waals surface area (Å²) in [6.07, 6.45) is 19.7. The molecule has 2 aliphatic carbocycles. The van der Waals surface area contributed by atoms with Crippen molar-refractivity contribution in [2.45, 2.75) is 102 Å². The maximum absolute atomic E-state index is 13.4. The van der Waals surface area contributed by atoms with Crippen molar-refractivity contribution >= 4 is 0 Å². The van der Waals surface area contributed by atoms with E-state index in [-0.39, 0.29) is 5.92 Å². The molecule has 3 heteroatoms. The summed E-state index contributed by atoms with van der Waals surface area (Å²) in [5.74, 6) is -1.49. The predicted molar refractivity (Wildman–Crippen MR) is 105 cm³/mol. The largest absolute Gasteiger partial charge is 0.204 e. The van der Waals surface area contributed by atoms with Crippen molar-refractivity contribution in [3.63, 3.8) is 0 Å². The van der Waals surface area contributed by atoms with E-state index in [9.17, 15) is 13.2 Å². The summed E-state index contributed by atoms with van der Waals surface area (Å²) in [5, 5.41) is 0. The smallest absolute Gasteiger partial charge is 0.194 e. The predicted octanol–water partition coefficient (Wildman–Crippen LogP) is 8.30. The first-order valence-electron chi connectivity index (χ1n) is 11.3. The van der Waals surface area contributed by atoms with Crippen LogP contribution in [0.2, 0.25) is 0 Å². The zero-order valence-electron chi connectivity index (χ0n) is 16.6. The molecule has 0 aliphatic heterocycles. The van der Waals surface area contributed by atoms with Crippen LogP contribution in [-0.4, -0.2) is 0 Å². The molecule has 152 valence electrons. The molecular weight excluding hydrogens is 345 g/mol. The number of hydrogen-bond acceptors (Lipinski definition) is 0. The minimum Gasteiger partial charge on any atom is -0.204 e. The monoisotopic (exact) mass is 380 g/mol. The molecule has 0 heterocycles. The number of unbranched alkanes of at least 4 members (excludes halogenated alkanes) is 4. The van der Waals surface area contributed by atoms with Crippen molar-refractivity contribution in [2.75, 3.05) is 0 Å². The maximum atomic E-state index is 13.4. The molecule has 0 nitrogen and oxygen atoms in total. The van der Waals surface area contributed by atoms with Gasteiger partial charge in [-0.25, -0.2) is 13.2 Å². The Morgan fingerprint density at radius 2 is 1.11 bits per heavy atom. The van der Waals surface area contributed by atoms with Crippen molar-refractivity contribution in [1.29, 1.82) is 0 Å². The molecule has 2 saturated carbocycles. The molecule has 0 saturated heterocycles. The fourth-order valence-corrected chi connectivity index (χ4v) is 5.29. The van der Waals surface area contributed by atoms with E-state index in [1.165, 1.54) is 82.8 Å². The van der Waals surface area contributed by atoms with Crippen LogP contribution in [-0.2, 0) is 0 Å². The highest BCUT2D eigenvalue weighted by atomic mass is 19.2. The molecule has 2 fully saturated rings. The molecule has 0 radical (unpaired) electrons. The van der Waals surface area contributed by atoms with Gasteiger partial charge in [0.05, 0.1) is 0 Å². The summed E-state index contributed by atoms with van der Waals surface area (Å²) >= 11 is 0.